The second-order valence-electron chi connectivity index (χ2n) is 5.04. The lowest BCUT2D eigenvalue weighted by molar-refractivity contribution is 0.339. The molecule has 1 atom stereocenters. The lowest BCUT2D eigenvalue weighted by Crippen LogP contribution is -2.18. The summed E-state index contributed by atoms with van der Waals surface area (Å²) >= 11 is 1.83. The van der Waals surface area contributed by atoms with Crippen LogP contribution in [0, 0.1) is 0 Å². The molecule has 2 aromatic carbocycles. The first kappa shape index (κ1) is 13.4. The molecule has 1 aliphatic carbocycles. The van der Waals surface area contributed by atoms with Crippen LogP contribution in [-0.4, -0.2) is 12.4 Å². The topological polar surface area (TPSA) is 35.2 Å². The van der Waals surface area contributed by atoms with E-state index in [0.717, 1.165) is 22.1 Å². The molecule has 0 fully saturated rings. The number of anilines is 1. The molecular formula is C17H19NOS. The molecule has 0 aromatic heterocycles. The molecule has 3 rings (SSSR count). The van der Waals surface area contributed by atoms with Gasteiger partial charge in [-0.1, -0.05) is 24.3 Å². The summed E-state index contributed by atoms with van der Waals surface area (Å²) in [6, 6.07) is 14.6. The summed E-state index contributed by atoms with van der Waals surface area (Å²) in [5, 5.41) is 0. The molecule has 2 aromatic rings. The minimum Gasteiger partial charge on any atom is -0.494 e. The van der Waals surface area contributed by atoms with Crippen LogP contribution in [0.25, 0.3) is 0 Å². The highest BCUT2D eigenvalue weighted by atomic mass is 32.2. The Labute approximate surface area is 124 Å². The fraction of sp³-hybridized carbons (Fsp3) is 0.294. The van der Waals surface area contributed by atoms with Crippen LogP contribution in [0.2, 0.25) is 0 Å². The highest BCUT2D eigenvalue weighted by Crippen LogP contribution is 2.40. The Bertz CT molecular complexity index is 612. The number of ether oxygens (including phenoxy) is 1. The molecule has 1 aliphatic rings. The number of nitrogen functional groups attached to an aromatic ring is 1. The van der Waals surface area contributed by atoms with Gasteiger partial charge in [0.1, 0.15) is 5.75 Å². The van der Waals surface area contributed by atoms with Crippen LogP contribution in [-0.2, 0) is 6.42 Å². The van der Waals surface area contributed by atoms with E-state index in [1.807, 2.05) is 36.9 Å². The van der Waals surface area contributed by atoms with Crippen LogP contribution >= 0.6 is 11.8 Å². The third kappa shape index (κ3) is 2.63. The molecule has 0 aliphatic heterocycles. The van der Waals surface area contributed by atoms with Crippen LogP contribution in [0.1, 0.15) is 24.0 Å². The Morgan fingerprint density at radius 3 is 2.90 bits per heavy atom. The van der Waals surface area contributed by atoms with Crippen LogP contribution in [0.5, 0.6) is 5.75 Å². The molecule has 20 heavy (non-hydrogen) atoms. The average Bonchev–Trinajstić information content (AvgIpc) is 2.43. The summed E-state index contributed by atoms with van der Waals surface area (Å²) in [6.45, 7) is 2.68. The van der Waals surface area contributed by atoms with Gasteiger partial charge in [-0.15, -0.1) is 11.8 Å². The Hall–Kier alpha value is -1.61. The average molecular weight is 285 g/mol. The van der Waals surface area contributed by atoms with Crippen LogP contribution < -0.4 is 10.5 Å². The van der Waals surface area contributed by atoms with Gasteiger partial charge < -0.3 is 10.5 Å². The van der Waals surface area contributed by atoms with Crippen molar-refractivity contribution in [3.05, 3.63) is 53.6 Å². The van der Waals surface area contributed by atoms with E-state index in [1.165, 1.54) is 17.5 Å². The van der Waals surface area contributed by atoms with Crippen LogP contribution in [0.4, 0.5) is 5.69 Å². The monoisotopic (exact) mass is 285 g/mol. The van der Waals surface area contributed by atoms with Crippen molar-refractivity contribution in [2.75, 3.05) is 18.1 Å². The smallest absolute Gasteiger partial charge is 0.120 e. The molecule has 0 radical (unpaired) electrons. The second kappa shape index (κ2) is 5.80. The molecule has 2 nitrogen and oxygen atoms in total. The van der Waals surface area contributed by atoms with Gasteiger partial charge in [0.05, 0.1) is 6.61 Å². The van der Waals surface area contributed by atoms with E-state index >= 15 is 0 Å². The van der Waals surface area contributed by atoms with E-state index < -0.39 is 0 Å². The highest BCUT2D eigenvalue weighted by molar-refractivity contribution is 7.99. The van der Waals surface area contributed by atoms with E-state index in [1.54, 1.807) is 0 Å². The standard InChI is InChI=1S/C17H19NOS/c1-2-19-14-7-8-16(18)17(10-14)20-11-13-9-12-5-3-4-6-15(12)13/h3-8,10,13H,2,9,11,18H2,1H3. The largest absolute Gasteiger partial charge is 0.494 e. The molecular weight excluding hydrogens is 266 g/mol. The molecule has 0 amide bonds. The zero-order valence-electron chi connectivity index (χ0n) is 11.6. The van der Waals surface area contributed by atoms with Crippen LogP contribution in [0.15, 0.2) is 47.4 Å². The first-order valence-electron chi connectivity index (χ1n) is 7.01. The van der Waals surface area contributed by atoms with Gasteiger partial charge >= 0.3 is 0 Å². The van der Waals surface area contributed by atoms with Crippen molar-refractivity contribution >= 4 is 17.4 Å². The Morgan fingerprint density at radius 1 is 1.25 bits per heavy atom. The molecule has 0 spiro atoms. The quantitative estimate of drug-likeness (QED) is 0.663. The SMILES string of the molecule is CCOc1ccc(N)c(SCC2Cc3ccccc32)c1. The van der Waals surface area contributed by atoms with E-state index in [4.69, 9.17) is 10.5 Å². The van der Waals surface area contributed by atoms with Crippen molar-refractivity contribution in [2.24, 2.45) is 0 Å². The Kier molecular flexibility index (Phi) is 3.88. The molecule has 0 bridgehead atoms. The number of hydrogen-bond acceptors (Lipinski definition) is 3. The normalized spacial score (nSPS) is 16.4. The van der Waals surface area contributed by atoms with E-state index in [0.29, 0.717) is 12.5 Å². The minimum atomic E-state index is 0.659. The first-order chi connectivity index (χ1) is 9.78. The van der Waals surface area contributed by atoms with Crippen molar-refractivity contribution in [3.8, 4) is 5.75 Å². The Morgan fingerprint density at radius 2 is 2.10 bits per heavy atom. The third-order valence-corrected chi connectivity index (χ3v) is 4.93. The number of thioether (sulfide) groups is 1. The predicted octanol–water partition coefficient (Wildman–Crippen LogP) is 4.10. The van der Waals surface area contributed by atoms with E-state index in [-0.39, 0.29) is 0 Å². The molecule has 0 saturated carbocycles. The summed E-state index contributed by atoms with van der Waals surface area (Å²) in [6.07, 6.45) is 1.19. The van der Waals surface area contributed by atoms with Crippen molar-refractivity contribution in [2.45, 2.75) is 24.2 Å². The van der Waals surface area contributed by atoms with Crippen molar-refractivity contribution in [1.82, 2.24) is 0 Å². The van der Waals surface area contributed by atoms with Gasteiger partial charge in [-0.05, 0) is 48.6 Å². The fourth-order valence-electron chi connectivity index (χ4n) is 2.60. The fourth-order valence-corrected chi connectivity index (χ4v) is 3.71. The van der Waals surface area contributed by atoms with Gasteiger partial charge in [0.2, 0.25) is 0 Å². The summed E-state index contributed by atoms with van der Waals surface area (Å²) in [7, 11) is 0. The van der Waals surface area contributed by atoms with Gasteiger partial charge in [-0.25, -0.2) is 0 Å². The van der Waals surface area contributed by atoms with Crippen LogP contribution in [0.3, 0.4) is 0 Å². The van der Waals surface area contributed by atoms with Gasteiger partial charge in [0.25, 0.3) is 0 Å². The maximum absolute atomic E-state index is 6.05. The van der Waals surface area contributed by atoms with Gasteiger partial charge in [0, 0.05) is 16.3 Å². The van der Waals surface area contributed by atoms with Crippen molar-refractivity contribution in [1.29, 1.82) is 0 Å². The number of rotatable bonds is 5. The summed E-state index contributed by atoms with van der Waals surface area (Å²) in [5.41, 5.74) is 9.88. The maximum atomic E-state index is 6.05. The highest BCUT2D eigenvalue weighted by Gasteiger charge is 2.25. The second-order valence-corrected chi connectivity index (χ2v) is 6.11. The molecule has 2 N–H and O–H groups in total. The van der Waals surface area contributed by atoms with Crippen molar-refractivity contribution < 1.29 is 4.74 Å². The third-order valence-electron chi connectivity index (χ3n) is 3.70. The Balaban J connectivity index is 1.66. The summed E-state index contributed by atoms with van der Waals surface area (Å²) in [4.78, 5) is 1.13. The summed E-state index contributed by atoms with van der Waals surface area (Å²) < 4.78 is 5.54. The number of nitrogens with two attached hydrogens (primary N) is 1. The number of hydrogen-bond donors (Lipinski definition) is 1. The van der Waals surface area contributed by atoms with Gasteiger partial charge in [-0.3, -0.25) is 0 Å². The lowest BCUT2D eigenvalue weighted by Gasteiger charge is -2.29. The summed E-state index contributed by atoms with van der Waals surface area (Å²) in [5.74, 6) is 2.64. The zero-order valence-corrected chi connectivity index (χ0v) is 12.5. The van der Waals surface area contributed by atoms with Gasteiger partial charge in [-0.2, -0.15) is 0 Å². The molecule has 1 unspecified atom stereocenters. The van der Waals surface area contributed by atoms with Crippen molar-refractivity contribution in [3.63, 3.8) is 0 Å². The van der Waals surface area contributed by atoms with Gasteiger partial charge in [0.15, 0.2) is 0 Å². The molecule has 0 heterocycles. The molecule has 3 heteroatoms. The number of benzene rings is 2. The minimum absolute atomic E-state index is 0.659. The molecule has 0 saturated heterocycles. The molecule has 104 valence electrons. The first-order valence-corrected chi connectivity index (χ1v) is 7.99. The maximum Gasteiger partial charge on any atom is 0.120 e. The van der Waals surface area contributed by atoms with E-state index in [9.17, 15) is 0 Å². The lowest BCUT2D eigenvalue weighted by atomic mass is 9.79. The van der Waals surface area contributed by atoms with E-state index in [2.05, 4.69) is 24.3 Å². The predicted molar refractivity (Wildman–Crippen MR) is 85.6 cm³/mol. The number of fused-ring (bicyclic) bond motifs is 1. The zero-order chi connectivity index (χ0) is 13.9.